The smallest absolute Gasteiger partial charge is 0.282 e. The quantitative estimate of drug-likeness (QED) is 0.766. The standard InChI is InChI=1S/C13H25N5OS/c1-6-14-13-17-16-12(20-13)11(19)15-7-8-18(9(2)3)10(4)5/h9-10H,6-8H2,1-5H3,(H,14,17)(H,15,19). The lowest BCUT2D eigenvalue weighted by atomic mass is 10.2. The van der Waals surface area contributed by atoms with Gasteiger partial charge in [-0.15, -0.1) is 10.2 Å². The van der Waals surface area contributed by atoms with Crippen LogP contribution in [-0.2, 0) is 0 Å². The number of nitrogens with one attached hydrogen (secondary N) is 2. The number of hydrogen-bond donors (Lipinski definition) is 2. The van der Waals surface area contributed by atoms with E-state index in [4.69, 9.17) is 0 Å². The predicted molar refractivity (Wildman–Crippen MR) is 83.4 cm³/mol. The second-order valence-corrected chi connectivity index (χ2v) is 6.10. The van der Waals surface area contributed by atoms with Crippen molar-refractivity contribution in [2.24, 2.45) is 0 Å². The molecular formula is C13H25N5OS. The normalized spacial score (nSPS) is 11.4. The van der Waals surface area contributed by atoms with Crippen LogP contribution in [0.1, 0.15) is 44.4 Å². The van der Waals surface area contributed by atoms with Gasteiger partial charge in [-0.05, 0) is 34.6 Å². The molecule has 1 rings (SSSR count). The highest BCUT2D eigenvalue weighted by atomic mass is 32.1. The summed E-state index contributed by atoms with van der Waals surface area (Å²) in [7, 11) is 0. The second kappa shape index (κ2) is 8.16. The summed E-state index contributed by atoms with van der Waals surface area (Å²) in [5.41, 5.74) is 0. The van der Waals surface area contributed by atoms with Gasteiger partial charge in [-0.3, -0.25) is 9.69 Å². The van der Waals surface area contributed by atoms with E-state index in [0.717, 1.165) is 13.1 Å². The average molecular weight is 299 g/mol. The van der Waals surface area contributed by atoms with Crippen LogP contribution < -0.4 is 10.6 Å². The molecule has 0 aliphatic carbocycles. The van der Waals surface area contributed by atoms with Crippen molar-refractivity contribution in [3.05, 3.63) is 5.01 Å². The minimum Gasteiger partial charge on any atom is -0.360 e. The average Bonchev–Trinajstić information content (AvgIpc) is 2.82. The highest BCUT2D eigenvalue weighted by Crippen LogP contribution is 2.14. The van der Waals surface area contributed by atoms with Crippen LogP contribution in [0.2, 0.25) is 0 Å². The molecule has 7 heteroatoms. The van der Waals surface area contributed by atoms with Crippen LogP contribution in [0.5, 0.6) is 0 Å². The van der Waals surface area contributed by atoms with Crippen molar-refractivity contribution < 1.29 is 4.79 Å². The van der Waals surface area contributed by atoms with Gasteiger partial charge in [-0.2, -0.15) is 0 Å². The highest BCUT2D eigenvalue weighted by Gasteiger charge is 2.15. The van der Waals surface area contributed by atoms with Crippen LogP contribution in [0.3, 0.4) is 0 Å². The number of anilines is 1. The third-order valence-electron chi connectivity index (χ3n) is 2.93. The van der Waals surface area contributed by atoms with Gasteiger partial charge >= 0.3 is 0 Å². The molecule has 114 valence electrons. The molecule has 0 saturated heterocycles. The fraction of sp³-hybridized carbons (Fsp3) is 0.769. The number of carbonyl (C=O) groups is 1. The van der Waals surface area contributed by atoms with Crippen LogP contribution in [0.4, 0.5) is 5.13 Å². The summed E-state index contributed by atoms with van der Waals surface area (Å²) in [5, 5.41) is 14.8. The first-order valence-corrected chi connectivity index (χ1v) is 7.88. The van der Waals surface area contributed by atoms with Crippen LogP contribution >= 0.6 is 11.3 Å². The number of aromatic nitrogens is 2. The Morgan fingerprint density at radius 1 is 1.25 bits per heavy atom. The van der Waals surface area contributed by atoms with E-state index in [-0.39, 0.29) is 5.91 Å². The van der Waals surface area contributed by atoms with Crippen LogP contribution in [0.15, 0.2) is 0 Å². The molecule has 2 N–H and O–H groups in total. The first-order chi connectivity index (χ1) is 9.45. The molecule has 0 saturated carbocycles. The lowest BCUT2D eigenvalue weighted by Crippen LogP contribution is -2.42. The molecule has 1 heterocycles. The maximum atomic E-state index is 11.9. The molecule has 0 aliphatic heterocycles. The van der Waals surface area contributed by atoms with Crippen molar-refractivity contribution in [1.82, 2.24) is 20.4 Å². The molecule has 1 amide bonds. The van der Waals surface area contributed by atoms with E-state index < -0.39 is 0 Å². The van der Waals surface area contributed by atoms with Crippen LogP contribution in [-0.4, -0.2) is 52.7 Å². The first kappa shape index (κ1) is 16.8. The van der Waals surface area contributed by atoms with E-state index in [9.17, 15) is 4.79 Å². The molecule has 6 nitrogen and oxygen atoms in total. The van der Waals surface area contributed by atoms with E-state index in [1.807, 2.05) is 6.92 Å². The van der Waals surface area contributed by atoms with Crippen molar-refractivity contribution in [2.45, 2.75) is 46.7 Å². The van der Waals surface area contributed by atoms with E-state index in [0.29, 0.717) is 28.8 Å². The van der Waals surface area contributed by atoms with E-state index in [1.54, 1.807) is 0 Å². The van der Waals surface area contributed by atoms with Crippen molar-refractivity contribution in [1.29, 1.82) is 0 Å². The first-order valence-electron chi connectivity index (χ1n) is 7.07. The van der Waals surface area contributed by atoms with Gasteiger partial charge < -0.3 is 10.6 Å². The molecular weight excluding hydrogens is 274 g/mol. The lowest BCUT2D eigenvalue weighted by molar-refractivity contribution is 0.0938. The molecule has 0 unspecified atom stereocenters. The molecule has 0 aromatic carbocycles. The van der Waals surface area contributed by atoms with Gasteiger partial charge in [0.05, 0.1) is 0 Å². The summed E-state index contributed by atoms with van der Waals surface area (Å²) >= 11 is 1.28. The van der Waals surface area contributed by atoms with Gasteiger partial charge in [0.25, 0.3) is 5.91 Å². The predicted octanol–water partition coefficient (Wildman–Crippen LogP) is 1.82. The fourth-order valence-electron chi connectivity index (χ4n) is 2.02. The summed E-state index contributed by atoms with van der Waals surface area (Å²) in [6.07, 6.45) is 0. The summed E-state index contributed by atoms with van der Waals surface area (Å²) < 4.78 is 0. The monoisotopic (exact) mass is 299 g/mol. The number of carbonyl (C=O) groups excluding carboxylic acids is 1. The minimum absolute atomic E-state index is 0.154. The largest absolute Gasteiger partial charge is 0.360 e. The van der Waals surface area contributed by atoms with Gasteiger partial charge in [0.15, 0.2) is 0 Å². The Balaban J connectivity index is 2.42. The second-order valence-electron chi connectivity index (χ2n) is 5.12. The SMILES string of the molecule is CCNc1nnc(C(=O)NCCN(C(C)C)C(C)C)s1. The number of nitrogens with zero attached hydrogens (tertiary/aromatic N) is 3. The topological polar surface area (TPSA) is 70.1 Å². The Hall–Kier alpha value is -1.21. The van der Waals surface area contributed by atoms with Gasteiger partial charge in [0, 0.05) is 31.7 Å². The number of rotatable bonds is 8. The maximum absolute atomic E-state index is 11.9. The Morgan fingerprint density at radius 3 is 2.45 bits per heavy atom. The Kier molecular flexibility index (Phi) is 6.87. The van der Waals surface area contributed by atoms with Crippen molar-refractivity contribution >= 4 is 22.4 Å². The van der Waals surface area contributed by atoms with Crippen LogP contribution in [0.25, 0.3) is 0 Å². The summed E-state index contributed by atoms with van der Waals surface area (Å²) in [4.78, 5) is 14.3. The minimum atomic E-state index is -0.154. The Labute approximate surface area is 125 Å². The third kappa shape index (κ3) is 5.05. The molecule has 0 radical (unpaired) electrons. The summed E-state index contributed by atoms with van der Waals surface area (Å²) in [5.74, 6) is -0.154. The molecule has 1 aromatic heterocycles. The Bertz CT molecular complexity index is 411. The zero-order chi connectivity index (χ0) is 15.1. The van der Waals surface area contributed by atoms with Crippen LogP contribution in [0, 0.1) is 0 Å². The van der Waals surface area contributed by atoms with Gasteiger partial charge in [0.1, 0.15) is 0 Å². The third-order valence-corrected chi connectivity index (χ3v) is 3.81. The fourth-order valence-corrected chi connectivity index (χ4v) is 2.75. The Morgan fingerprint density at radius 2 is 1.90 bits per heavy atom. The van der Waals surface area contributed by atoms with E-state index >= 15 is 0 Å². The van der Waals surface area contributed by atoms with Crippen molar-refractivity contribution in [2.75, 3.05) is 25.0 Å². The summed E-state index contributed by atoms with van der Waals surface area (Å²) in [6.45, 7) is 12.8. The zero-order valence-electron chi connectivity index (χ0n) is 12.9. The summed E-state index contributed by atoms with van der Waals surface area (Å²) in [6, 6.07) is 0.933. The zero-order valence-corrected chi connectivity index (χ0v) is 13.8. The maximum Gasteiger partial charge on any atom is 0.282 e. The van der Waals surface area contributed by atoms with Gasteiger partial charge in [-0.25, -0.2) is 0 Å². The molecule has 0 fully saturated rings. The van der Waals surface area contributed by atoms with Gasteiger partial charge in [0.2, 0.25) is 10.1 Å². The van der Waals surface area contributed by atoms with E-state index in [2.05, 4.69) is 53.4 Å². The number of hydrogen-bond acceptors (Lipinski definition) is 6. The lowest BCUT2D eigenvalue weighted by Gasteiger charge is -2.30. The van der Waals surface area contributed by atoms with E-state index in [1.165, 1.54) is 11.3 Å². The van der Waals surface area contributed by atoms with Crippen molar-refractivity contribution in [3.8, 4) is 0 Å². The molecule has 0 spiro atoms. The molecule has 20 heavy (non-hydrogen) atoms. The molecule has 0 aliphatic rings. The highest BCUT2D eigenvalue weighted by molar-refractivity contribution is 7.17. The molecule has 1 aromatic rings. The van der Waals surface area contributed by atoms with Gasteiger partial charge in [-0.1, -0.05) is 11.3 Å². The molecule has 0 atom stereocenters. The number of amides is 1. The van der Waals surface area contributed by atoms with Crippen molar-refractivity contribution in [3.63, 3.8) is 0 Å². The molecule has 0 bridgehead atoms.